The summed E-state index contributed by atoms with van der Waals surface area (Å²) in [4.78, 5) is 25.4. The van der Waals surface area contributed by atoms with Crippen LogP contribution >= 0.6 is 0 Å². The van der Waals surface area contributed by atoms with Gasteiger partial charge in [0.05, 0.1) is 0 Å². The lowest BCUT2D eigenvalue weighted by Gasteiger charge is -2.21. The van der Waals surface area contributed by atoms with Gasteiger partial charge in [-0.05, 0) is 36.2 Å². The molecule has 0 aliphatic rings. The van der Waals surface area contributed by atoms with Gasteiger partial charge in [-0.3, -0.25) is 9.59 Å². The van der Waals surface area contributed by atoms with Gasteiger partial charge in [-0.15, -0.1) is 0 Å². The quantitative estimate of drug-likeness (QED) is 0.849. The second kappa shape index (κ2) is 8.82. The highest BCUT2D eigenvalue weighted by Crippen LogP contribution is 2.03. The molecule has 4 nitrogen and oxygen atoms in total. The Morgan fingerprint density at radius 1 is 1.00 bits per heavy atom. The number of hydrogen-bond donors (Lipinski definition) is 1. The van der Waals surface area contributed by atoms with Gasteiger partial charge in [0, 0.05) is 32.1 Å². The smallest absolute Gasteiger partial charge is 0.251 e. The van der Waals surface area contributed by atoms with Crippen LogP contribution in [0.5, 0.6) is 0 Å². The molecule has 2 aromatic carbocycles. The average molecular weight is 328 g/mol. The van der Waals surface area contributed by atoms with Gasteiger partial charge in [0.15, 0.2) is 0 Å². The van der Waals surface area contributed by atoms with E-state index in [2.05, 4.69) is 5.32 Å². The average Bonchev–Trinajstić information content (AvgIpc) is 2.59. The summed E-state index contributed by atoms with van der Waals surface area (Å²) in [5.41, 5.74) is 1.56. The fourth-order valence-electron chi connectivity index (χ4n) is 2.34. The molecule has 0 unspecified atom stereocenters. The molecule has 2 aromatic rings. The minimum absolute atomic E-state index is 0.0260. The number of amides is 2. The van der Waals surface area contributed by atoms with Crippen molar-refractivity contribution in [1.82, 2.24) is 10.2 Å². The van der Waals surface area contributed by atoms with Crippen molar-refractivity contribution >= 4 is 11.8 Å². The molecule has 0 aromatic heterocycles. The Hall–Kier alpha value is -2.69. The zero-order chi connectivity index (χ0) is 17.4. The highest BCUT2D eigenvalue weighted by Gasteiger charge is 2.10. The summed E-state index contributed by atoms with van der Waals surface area (Å²) in [5.74, 6) is -0.682. The van der Waals surface area contributed by atoms with E-state index >= 15 is 0 Å². The van der Waals surface area contributed by atoms with Crippen molar-refractivity contribution in [3.8, 4) is 0 Å². The Morgan fingerprint density at radius 3 is 2.29 bits per heavy atom. The Balaban J connectivity index is 1.80. The van der Waals surface area contributed by atoms with Gasteiger partial charge in [-0.1, -0.05) is 30.3 Å². The third kappa shape index (κ3) is 5.50. The molecule has 0 atom stereocenters. The van der Waals surface area contributed by atoms with E-state index in [1.807, 2.05) is 30.3 Å². The molecule has 5 heteroatoms. The van der Waals surface area contributed by atoms with Crippen LogP contribution in [0.2, 0.25) is 0 Å². The topological polar surface area (TPSA) is 49.4 Å². The molecule has 0 radical (unpaired) electrons. The maximum atomic E-state index is 12.8. The van der Waals surface area contributed by atoms with E-state index in [0.29, 0.717) is 25.2 Å². The number of benzene rings is 2. The van der Waals surface area contributed by atoms with Gasteiger partial charge in [-0.2, -0.15) is 0 Å². The van der Waals surface area contributed by atoms with Gasteiger partial charge in [-0.25, -0.2) is 4.39 Å². The molecule has 0 bridgehead atoms. The number of carbonyl (C=O) groups is 2. The molecular weight excluding hydrogens is 307 g/mol. The summed E-state index contributed by atoms with van der Waals surface area (Å²) in [6.45, 7) is 2.91. The SMILES string of the molecule is CC(=O)N(CCNC(=O)c1ccc(F)cc1)CCc1ccccc1. The molecule has 0 spiro atoms. The molecule has 0 saturated carbocycles. The van der Waals surface area contributed by atoms with Crippen molar-refractivity contribution in [3.05, 3.63) is 71.5 Å². The van der Waals surface area contributed by atoms with E-state index in [1.165, 1.54) is 36.8 Å². The van der Waals surface area contributed by atoms with Gasteiger partial charge in [0.25, 0.3) is 5.91 Å². The first-order valence-electron chi connectivity index (χ1n) is 7.89. The number of nitrogens with one attached hydrogen (secondary N) is 1. The second-order valence-electron chi connectivity index (χ2n) is 5.50. The maximum absolute atomic E-state index is 12.8. The summed E-state index contributed by atoms with van der Waals surface area (Å²) in [7, 11) is 0. The molecule has 1 N–H and O–H groups in total. The number of nitrogens with zero attached hydrogens (tertiary/aromatic N) is 1. The zero-order valence-corrected chi connectivity index (χ0v) is 13.7. The first kappa shape index (κ1) is 17.7. The van der Waals surface area contributed by atoms with Gasteiger partial charge < -0.3 is 10.2 Å². The number of hydrogen-bond acceptors (Lipinski definition) is 2. The van der Waals surface area contributed by atoms with Gasteiger partial charge >= 0.3 is 0 Å². The first-order chi connectivity index (χ1) is 11.6. The number of carbonyl (C=O) groups excluding carboxylic acids is 2. The van der Waals surface area contributed by atoms with Crippen LogP contribution in [0.4, 0.5) is 4.39 Å². The molecule has 0 saturated heterocycles. The third-order valence-electron chi connectivity index (χ3n) is 3.73. The fraction of sp³-hybridized carbons (Fsp3) is 0.263. The second-order valence-corrected chi connectivity index (χ2v) is 5.50. The predicted octanol–water partition coefficient (Wildman–Crippen LogP) is 2.65. The first-order valence-corrected chi connectivity index (χ1v) is 7.89. The van der Waals surface area contributed by atoms with Crippen molar-refractivity contribution in [2.45, 2.75) is 13.3 Å². The lowest BCUT2D eigenvalue weighted by molar-refractivity contribution is -0.128. The molecular formula is C19H21FN2O2. The monoisotopic (exact) mass is 328 g/mol. The third-order valence-corrected chi connectivity index (χ3v) is 3.73. The molecule has 0 heterocycles. The van der Waals surface area contributed by atoms with Crippen LogP contribution in [0, 0.1) is 5.82 Å². The zero-order valence-electron chi connectivity index (χ0n) is 13.7. The van der Waals surface area contributed by atoms with Crippen molar-refractivity contribution in [1.29, 1.82) is 0 Å². The van der Waals surface area contributed by atoms with E-state index in [4.69, 9.17) is 0 Å². The highest BCUT2D eigenvalue weighted by atomic mass is 19.1. The molecule has 0 aliphatic carbocycles. The van der Waals surface area contributed by atoms with Crippen LogP contribution in [0.3, 0.4) is 0 Å². The largest absolute Gasteiger partial charge is 0.350 e. The Bertz CT molecular complexity index is 672. The Kier molecular flexibility index (Phi) is 6.49. The molecule has 24 heavy (non-hydrogen) atoms. The van der Waals surface area contributed by atoms with E-state index < -0.39 is 0 Å². The molecule has 2 rings (SSSR count). The van der Waals surface area contributed by atoms with Crippen molar-refractivity contribution < 1.29 is 14.0 Å². The lowest BCUT2D eigenvalue weighted by atomic mass is 10.1. The van der Waals surface area contributed by atoms with Crippen LogP contribution in [-0.4, -0.2) is 36.3 Å². The van der Waals surface area contributed by atoms with E-state index in [0.717, 1.165) is 6.42 Å². The van der Waals surface area contributed by atoms with Crippen molar-refractivity contribution in [3.63, 3.8) is 0 Å². The van der Waals surface area contributed by atoms with E-state index in [1.54, 1.807) is 4.90 Å². The van der Waals surface area contributed by atoms with E-state index in [-0.39, 0.29) is 17.6 Å². The number of rotatable bonds is 7. The summed E-state index contributed by atoms with van der Waals surface area (Å²) >= 11 is 0. The van der Waals surface area contributed by atoms with Crippen LogP contribution in [0.1, 0.15) is 22.8 Å². The number of halogens is 1. The van der Waals surface area contributed by atoms with Gasteiger partial charge in [0.1, 0.15) is 5.82 Å². The summed E-state index contributed by atoms with van der Waals surface area (Å²) in [5, 5.41) is 2.75. The summed E-state index contributed by atoms with van der Waals surface area (Å²) < 4.78 is 12.8. The normalized spacial score (nSPS) is 10.2. The van der Waals surface area contributed by atoms with Crippen LogP contribution in [0.25, 0.3) is 0 Å². The minimum atomic E-state index is -0.379. The molecule has 126 valence electrons. The van der Waals surface area contributed by atoms with Crippen LogP contribution < -0.4 is 5.32 Å². The molecule has 0 aliphatic heterocycles. The fourth-order valence-corrected chi connectivity index (χ4v) is 2.34. The maximum Gasteiger partial charge on any atom is 0.251 e. The summed E-state index contributed by atoms with van der Waals surface area (Å²) in [6.07, 6.45) is 0.770. The molecule has 0 fully saturated rings. The van der Waals surface area contributed by atoms with E-state index in [9.17, 15) is 14.0 Å². The standard InChI is InChI=1S/C19H21FN2O2/c1-15(23)22(13-11-16-5-3-2-4-6-16)14-12-21-19(24)17-7-9-18(20)10-8-17/h2-10H,11-14H2,1H3,(H,21,24). The van der Waals surface area contributed by atoms with Crippen molar-refractivity contribution in [2.75, 3.05) is 19.6 Å². The van der Waals surface area contributed by atoms with Crippen molar-refractivity contribution in [2.24, 2.45) is 0 Å². The van der Waals surface area contributed by atoms with Crippen LogP contribution in [0.15, 0.2) is 54.6 Å². The van der Waals surface area contributed by atoms with Crippen LogP contribution in [-0.2, 0) is 11.2 Å². The summed E-state index contributed by atoms with van der Waals surface area (Å²) in [6, 6.07) is 15.3. The molecule has 2 amide bonds. The minimum Gasteiger partial charge on any atom is -0.350 e. The highest BCUT2D eigenvalue weighted by molar-refractivity contribution is 5.94. The predicted molar refractivity (Wildman–Crippen MR) is 91.1 cm³/mol. The van der Waals surface area contributed by atoms with Gasteiger partial charge in [0.2, 0.25) is 5.91 Å². The lowest BCUT2D eigenvalue weighted by Crippen LogP contribution is -2.38. The Labute approximate surface area is 141 Å². The Morgan fingerprint density at radius 2 is 1.67 bits per heavy atom.